The second-order valence-electron chi connectivity index (χ2n) is 7.15. The quantitative estimate of drug-likeness (QED) is 0.722. The van der Waals surface area contributed by atoms with Gasteiger partial charge in [0.1, 0.15) is 5.82 Å². The molecular formula is C22H20N3O3S-. The number of rotatable bonds is 3. The van der Waals surface area contributed by atoms with Crippen molar-refractivity contribution in [1.29, 1.82) is 0 Å². The molecule has 0 radical (unpaired) electrons. The Morgan fingerprint density at radius 2 is 1.76 bits per heavy atom. The minimum absolute atomic E-state index is 0.0848. The topological polar surface area (TPSA) is 87.0 Å². The Morgan fingerprint density at radius 1 is 1.10 bits per heavy atom. The molecule has 7 heteroatoms. The number of hydrogen-bond acceptors (Lipinski definition) is 5. The van der Waals surface area contributed by atoms with E-state index in [9.17, 15) is 14.7 Å². The third kappa shape index (κ3) is 3.53. The minimum atomic E-state index is -1.21. The van der Waals surface area contributed by atoms with E-state index in [1.807, 2.05) is 45.0 Å². The summed E-state index contributed by atoms with van der Waals surface area (Å²) in [6.07, 6.45) is 0. The van der Waals surface area contributed by atoms with Crippen molar-refractivity contribution in [2.75, 3.05) is 5.32 Å². The van der Waals surface area contributed by atoms with Crippen LogP contribution in [0, 0.1) is 13.8 Å². The Bertz CT molecular complexity index is 1090. The van der Waals surface area contributed by atoms with E-state index < -0.39 is 5.97 Å². The number of carboxylic acids is 1. The highest BCUT2D eigenvalue weighted by Gasteiger charge is 2.34. The first-order chi connectivity index (χ1) is 13.8. The summed E-state index contributed by atoms with van der Waals surface area (Å²) < 4.78 is 1.77. The summed E-state index contributed by atoms with van der Waals surface area (Å²) >= 11 is 1.52. The SMILES string of the molecule is Cc1ccc(-n2nc(C)c3c2NC(=O)[C@@H](C)S[C@H]3c2ccc(C(=O)[O-])cc2)cc1. The van der Waals surface area contributed by atoms with Gasteiger partial charge in [-0.25, -0.2) is 4.68 Å². The van der Waals surface area contributed by atoms with Crippen molar-refractivity contribution in [2.24, 2.45) is 0 Å². The number of aromatic carboxylic acids is 1. The van der Waals surface area contributed by atoms with Crippen LogP contribution in [-0.4, -0.2) is 26.9 Å². The number of benzene rings is 2. The van der Waals surface area contributed by atoms with Crippen LogP contribution >= 0.6 is 11.8 Å². The van der Waals surface area contributed by atoms with Gasteiger partial charge in [-0.1, -0.05) is 42.0 Å². The van der Waals surface area contributed by atoms with Crippen LogP contribution in [0.3, 0.4) is 0 Å². The van der Waals surface area contributed by atoms with Crippen molar-refractivity contribution in [2.45, 2.75) is 31.3 Å². The number of aromatic nitrogens is 2. The molecule has 148 valence electrons. The largest absolute Gasteiger partial charge is 0.545 e. The number of amides is 1. The highest BCUT2D eigenvalue weighted by molar-refractivity contribution is 8.01. The smallest absolute Gasteiger partial charge is 0.238 e. The molecule has 29 heavy (non-hydrogen) atoms. The van der Waals surface area contributed by atoms with Crippen LogP contribution in [0.5, 0.6) is 0 Å². The first-order valence-electron chi connectivity index (χ1n) is 9.29. The molecule has 1 N–H and O–H groups in total. The lowest BCUT2D eigenvalue weighted by molar-refractivity contribution is -0.255. The summed E-state index contributed by atoms with van der Waals surface area (Å²) in [6, 6.07) is 14.6. The monoisotopic (exact) mass is 406 g/mol. The second-order valence-corrected chi connectivity index (χ2v) is 8.60. The van der Waals surface area contributed by atoms with Crippen LogP contribution in [0.25, 0.3) is 5.69 Å². The number of nitrogens with zero attached hydrogens (tertiary/aromatic N) is 2. The van der Waals surface area contributed by atoms with Gasteiger partial charge >= 0.3 is 0 Å². The molecule has 0 aliphatic carbocycles. The van der Waals surface area contributed by atoms with Gasteiger partial charge < -0.3 is 15.2 Å². The van der Waals surface area contributed by atoms with Crippen LogP contribution in [0.15, 0.2) is 48.5 Å². The van der Waals surface area contributed by atoms with E-state index in [0.29, 0.717) is 5.82 Å². The van der Waals surface area contributed by atoms with Crippen LogP contribution in [0.4, 0.5) is 5.82 Å². The first kappa shape index (κ1) is 19.3. The zero-order chi connectivity index (χ0) is 20.7. The molecule has 2 aromatic carbocycles. The van der Waals surface area contributed by atoms with Crippen LogP contribution in [0.1, 0.15) is 44.9 Å². The van der Waals surface area contributed by atoms with Crippen molar-refractivity contribution >= 4 is 29.5 Å². The molecular weight excluding hydrogens is 386 g/mol. The van der Waals surface area contributed by atoms with Gasteiger partial charge in [-0.3, -0.25) is 4.79 Å². The molecule has 1 aliphatic rings. The zero-order valence-electron chi connectivity index (χ0n) is 16.3. The van der Waals surface area contributed by atoms with Gasteiger partial charge in [0.05, 0.1) is 27.9 Å². The summed E-state index contributed by atoms with van der Waals surface area (Å²) in [4.78, 5) is 23.8. The highest BCUT2D eigenvalue weighted by atomic mass is 32.2. The fourth-order valence-electron chi connectivity index (χ4n) is 3.44. The number of carbonyl (C=O) groups excluding carboxylic acids is 2. The summed E-state index contributed by atoms with van der Waals surface area (Å²) in [5.41, 5.74) is 4.79. The fraction of sp³-hybridized carbons (Fsp3) is 0.227. The van der Waals surface area contributed by atoms with Gasteiger partial charge in [-0.05, 0) is 44.0 Å². The number of carboxylic acid groups (broad SMARTS) is 1. The van der Waals surface area contributed by atoms with Gasteiger partial charge in [-0.2, -0.15) is 5.10 Å². The Labute approximate surface area is 172 Å². The molecule has 0 saturated heterocycles. The molecule has 1 aliphatic heterocycles. The maximum Gasteiger partial charge on any atom is 0.238 e. The first-order valence-corrected chi connectivity index (χ1v) is 10.2. The van der Waals surface area contributed by atoms with E-state index in [2.05, 4.69) is 5.32 Å². The molecule has 6 nitrogen and oxygen atoms in total. The van der Waals surface area contributed by atoms with Crippen LogP contribution < -0.4 is 10.4 Å². The molecule has 1 amide bonds. The molecule has 0 bridgehead atoms. The van der Waals surface area contributed by atoms with Gasteiger partial charge in [0.2, 0.25) is 5.91 Å². The Balaban J connectivity index is 1.86. The van der Waals surface area contributed by atoms with Gasteiger partial charge in [0, 0.05) is 5.56 Å². The Kier molecular flexibility index (Phi) is 4.92. The van der Waals surface area contributed by atoms with Gasteiger partial charge in [0.25, 0.3) is 0 Å². The van der Waals surface area contributed by atoms with Crippen LogP contribution in [-0.2, 0) is 4.79 Å². The normalized spacial score (nSPS) is 18.7. The van der Waals surface area contributed by atoms with E-state index in [-0.39, 0.29) is 22.0 Å². The molecule has 0 saturated carbocycles. The molecule has 2 heterocycles. The molecule has 4 rings (SSSR count). The molecule has 0 spiro atoms. The van der Waals surface area contributed by atoms with E-state index in [4.69, 9.17) is 5.10 Å². The summed E-state index contributed by atoms with van der Waals surface area (Å²) in [7, 11) is 0. The van der Waals surface area contributed by atoms with Crippen LogP contribution in [0.2, 0.25) is 0 Å². The molecule has 2 atom stereocenters. The molecule has 0 fully saturated rings. The number of hydrogen-bond donors (Lipinski definition) is 1. The number of nitrogens with one attached hydrogen (secondary N) is 1. The van der Waals surface area contributed by atoms with E-state index in [1.165, 1.54) is 23.9 Å². The van der Waals surface area contributed by atoms with E-state index in [0.717, 1.165) is 28.1 Å². The fourth-order valence-corrected chi connectivity index (χ4v) is 4.76. The summed E-state index contributed by atoms with van der Waals surface area (Å²) in [5.74, 6) is -0.639. The number of thioether (sulfide) groups is 1. The third-order valence-electron chi connectivity index (χ3n) is 5.05. The Morgan fingerprint density at radius 3 is 2.38 bits per heavy atom. The van der Waals surface area contributed by atoms with E-state index >= 15 is 0 Å². The summed E-state index contributed by atoms with van der Waals surface area (Å²) in [6.45, 7) is 5.81. The van der Waals surface area contributed by atoms with E-state index in [1.54, 1.807) is 16.8 Å². The predicted molar refractivity (Wildman–Crippen MR) is 111 cm³/mol. The lowest BCUT2D eigenvalue weighted by atomic mass is 10.0. The lowest BCUT2D eigenvalue weighted by Gasteiger charge is -2.18. The maximum atomic E-state index is 12.7. The van der Waals surface area contributed by atoms with Crippen molar-refractivity contribution in [3.8, 4) is 5.69 Å². The predicted octanol–water partition coefficient (Wildman–Crippen LogP) is 3.02. The van der Waals surface area contributed by atoms with Crippen molar-refractivity contribution in [1.82, 2.24) is 9.78 Å². The zero-order valence-corrected chi connectivity index (χ0v) is 17.1. The number of anilines is 1. The van der Waals surface area contributed by atoms with Gasteiger partial charge in [-0.15, -0.1) is 11.8 Å². The maximum absolute atomic E-state index is 12.7. The standard InChI is InChI=1S/C22H21N3O3S/c1-12-4-10-17(11-5-12)25-20-18(13(2)24-25)19(29-14(3)21(26)23-20)15-6-8-16(9-7-15)22(27)28/h4-11,14,19H,1-3H3,(H,23,26)(H,27,28)/p-1/t14-,19+/m1/s1. The average Bonchev–Trinajstić information content (AvgIpc) is 2.94. The lowest BCUT2D eigenvalue weighted by Crippen LogP contribution is -2.22. The molecule has 3 aromatic rings. The third-order valence-corrected chi connectivity index (χ3v) is 6.45. The number of aryl methyl sites for hydroxylation is 2. The minimum Gasteiger partial charge on any atom is -0.545 e. The summed E-state index contributed by atoms with van der Waals surface area (Å²) in [5, 5.41) is 18.4. The van der Waals surface area contributed by atoms with Crippen molar-refractivity contribution in [3.63, 3.8) is 0 Å². The Hall–Kier alpha value is -3.06. The van der Waals surface area contributed by atoms with Gasteiger partial charge in [0.15, 0.2) is 0 Å². The molecule has 0 unspecified atom stereocenters. The number of carbonyl (C=O) groups is 2. The number of fused-ring (bicyclic) bond motifs is 1. The van der Waals surface area contributed by atoms with Crippen molar-refractivity contribution in [3.05, 3.63) is 76.5 Å². The molecule has 1 aromatic heterocycles. The van der Waals surface area contributed by atoms with Crippen molar-refractivity contribution < 1.29 is 14.7 Å². The highest BCUT2D eigenvalue weighted by Crippen LogP contribution is 2.46. The second kappa shape index (κ2) is 7.40. The average molecular weight is 406 g/mol.